The Morgan fingerprint density at radius 3 is 2.62 bits per heavy atom. The fourth-order valence-corrected chi connectivity index (χ4v) is 1.81. The Morgan fingerprint density at radius 2 is 1.88 bits per heavy atom. The molecular weight excluding hydrogens is 243 g/mol. The van der Waals surface area contributed by atoms with E-state index >= 15 is 0 Å². The molecule has 0 spiro atoms. The van der Waals surface area contributed by atoms with Gasteiger partial charge in [0, 0.05) is 5.88 Å². The Morgan fingerprint density at radius 1 is 1.12 bits per heavy atom. The number of alkyl halides is 1. The maximum absolute atomic E-state index is 6.02. The maximum atomic E-state index is 6.02. The zero-order chi connectivity index (χ0) is 11.8. The van der Waals surface area contributed by atoms with Gasteiger partial charge in [-0.2, -0.15) is 0 Å². The number of aryl methyl sites for hydroxylation is 1. The summed E-state index contributed by atoms with van der Waals surface area (Å²) >= 11 is 11.6. The number of hydrogen-bond donors (Lipinski definition) is 0. The average Bonchev–Trinajstić information content (AvgIpc) is 2.28. The molecule has 0 aromatic heterocycles. The van der Waals surface area contributed by atoms with Crippen LogP contribution in [0.25, 0.3) is 0 Å². The molecule has 0 unspecified atom stereocenters. The minimum Gasteiger partial charge on any atom is -0.492 e. The van der Waals surface area contributed by atoms with Crippen molar-refractivity contribution in [2.24, 2.45) is 0 Å². The monoisotopic (exact) mass is 260 g/mol. The molecule has 0 aliphatic carbocycles. The number of rotatable bonds is 7. The molecule has 1 nitrogen and oxygen atoms in total. The molecule has 0 saturated carbocycles. The molecule has 1 aromatic rings. The van der Waals surface area contributed by atoms with E-state index in [1.54, 1.807) is 0 Å². The summed E-state index contributed by atoms with van der Waals surface area (Å²) in [5, 5.41) is 0.686. The van der Waals surface area contributed by atoms with Crippen LogP contribution >= 0.6 is 23.2 Å². The van der Waals surface area contributed by atoms with E-state index in [9.17, 15) is 0 Å². The second-order valence-electron chi connectivity index (χ2n) is 3.89. The molecule has 0 bridgehead atoms. The Balaban J connectivity index is 2.23. The second-order valence-corrected chi connectivity index (χ2v) is 4.67. The van der Waals surface area contributed by atoms with Crippen LogP contribution in [-0.2, 0) is 0 Å². The van der Waals surface area contributed by atoms with Crippen LogP contribution in [0.4, 0.5) is 0 Å². The summed E-state index contributed by atoms with van der Waals surface area (Å²) in [6.07, 6.45) is 4.48. The lowest BCUT2D eigenvalue weighted by Gasteiger charge is -2.08. The van der Waals surface area contributed by atoms with E-state index in [0.717, 1.165) is 37.5 Å². The number of unbranched alkanes of at least 4 members (excludes halogenated alkanes) is 3. The van der Waals surface area contributed by atoms with Crippen LogP contribution in [0.1, 0.15) is 31.2 Å². The van der Waals surface area contributed by atoms with Crippen molar-refractivity contribution in [3.8, 4) is 5.75 Å². The third kappa shape index (κ3) is 5.09. The van der Waals surface area contributed by atoms with E-state index in [4.69, 9.17) is 27.9 Å². The zero-order valence-corrected chi connectivity index (χ0v) is 11.2. The van der Waals surface area contributed by atoms with Gasteiger partial charge in [-0.25, -0.2) is 0 Å². The lowest BCUT2D eigenvalue weighted by Crippen LogP contribution is -1.98. The summed E-state index contributed by atoms with van der Waals surface area (Å²) in [5.74, 6) is 1.55. The molecule has 0 fully saturated rings. The van der Waals surface area contributed by atoms with Crippen molar-refractivity contribution >= 4 is 23.2 Å². The van der Waals surface area contributed by atoms with E-state index < -0.39 is 0 Å². The minimum atomic E-state index is 0.686. The quantitative estimate of drug-likeness (QED) is 0.504. The maximum Gasteiger partial charge on any atom is 0.138 e. The highest BCUT2D eigenvalue weighted by Crippen LogP contribution is 2.25. The predicted octanol–water partition coefficient (Wildman–Crippen LogP) is 4.83. The Bertz CT molecular complexity index is 313. The van der Waals surface area contributed by atoms with Gasteiger partial charge in [0.05, 0.1) is 11.6 Å². The van der Waals surface area contributed by atoms with Gasteiger partial charge >= 0.3 is 0 Å². The molecule has 90 valence electrons. The fraction of sp³-hybridized carbons (Fsp3) is 0.538. The molecule has 0 amide bonds. The van der Waals surface area contributed by atoms with Gasteiger partial charge in [-0.05, 0) is 37.5 Å². The molecule has 0 aliphatic rings. The van der Waals surface area contributed by atoms with E-state index in [0.29, 0.717) is 5.02 Å². The summed E-state index contributed by atoms with van der Waals surface area (Å²) in [5.41, 5.74) is 1.17. The van der Waals surface area contributed by atoms with E-state index in [1.165, 1.54) is 12.0 Å². The molecule has 1 rings (SSSR count). The van der Waals surface area contributed by atoms with Crippen LogP contribution in [0, 0.1) is 6.92 Å². The first-order chi connectivity index (χ1) is 7.74. The number of hydrogen-bond acceptors (Lipinski definition) is 1. The molecule has 0 radical (unpaired) electrons. The second kappa shape index (κ2) is 7.81. The summed E-state index contributed by atoms with van der Waals surface area (Å²) < 4.78 is 5.63. The standard InChI is InChI=1S/C13H18Cl2O/c1-11-6-7-12(15)13(10-11)16-9-5-3-2-4-8-14/h6-7,10H,2-5,8-9H2,1H3. The molecule has 16 heavy (non-hydrogen) atoms. The van der Waals surface area contributed by atoms with Gasteiger partial charge in [0.25, 0.3) is 0 Å². The van der Waals surface area contributed by atoms with Crippen molar-refractivity contribution in [1.82, 2.24) is 0 Å². The Hall–Kier alpha value is -0.400. The summed E-state index contributed by atoms with van der Waals surface area (Å²) in [6.45, 7) is 2.76. The number of halogens is 2. The van der Waals surface area contributed by atoms with Gasteiger partial charge in [-0.15, -0.1) is 11.6 Å². The van der Waals surface area contributed by atoms with E-state index in [2.05, 4.69) is 0 Å². The zero-order valence-electron chi connectivity index (χ0n) is 9.64. The molecule has 1 aromatic carbocycles. The summed E-state index contributed by atoms with van der Waals surface area (Å²) in [7, 11) is 0. The van der Waals surface area contributed by atoms with Gasteiger partial charge < -0.3 is 4.74 Å². The molecule has 0 N–H and O–H groups in total. The molecule has 3 heteroatoms. The first kappa shape index (κ1) is 13.7. The van der Waals surface area contributed by atoms with Crippen molar-refractivity contribution in [3.05, 3.63) is 28.8 Å². The molecular formula is C13H18Cl2O. The topological polar surface area (TPSA) is 9.23 Å². The SMILES string of the molecule is Cc1ccc(Cl)c(OCCCCCCCl)c1. The molecule has 0 aliphatic heterocycles. The highest BCUT2D eigenvalue weighted by molar-refractivity contribution is 6.32. The first-order valence-corrected chi connectivity index (χ1v) is 6.60. The Kier molecular flexibility index (Phi) is 6.67. The van der Waals surface area contributed by atoms with Crippen LogP contribution in [0.15, 0.2) is 18.2 Å². The third-order valence-corrected chi connectivity index (χ3v) is 2.95. The first-order valence-electron chi connectivity index (χ1n) is 5.69. The minimum absolute atomic E-state index is 0.686. The van der Waals surface area contributed by atoms with Crippen LogP contribution < -0.4 is 4.74 Å². The van der Waals surface area contributed by atoms with Crippen LogP contribution in [0.3, 0.4) is 0 Å². The number of ether oxygens (including phenoxy) is 1. The van der Waals surface area contributed by atoms with Crippen LogP contribution in [-0.4, -0.2) is 12.5 Å². The third-order valence-electron chi connectivity index (χ3n) is 2.37. The van der Waals surface area contributed by atoms with Crippen molar-refractivity contribution in [3.63, 3.8) is 0 Å². The highest BCUT2D eigenvalue weighted by atomic mass is 35.5. The van der Waals surface area contributed by atoms with Crippen molar-refractivity contribution in [2.45, 2.75) is 32.6 Å². The van der Waals surface area contributed by atoms with Crippen LogP contribution in [0.5, 0.6) is 5.75 Å². The lowest BCUT2D eigenvalue weighted by atomic mass is 10.2. The average molecular weight is 261 g/mol. The summed E-state index contributed by atoms with van der Waals surface area (Å²) in [4.78, 5) is 0. The van der Waals surface area contributed by atoms with Gasteiger partial charge in [-0.1, -0.05) is 30.5 Å². The van der Waals surface area contributed by atoms with Crippen molar-refractivity contribution < 1.29 is 4.74 Å². The van der Waals surface area contributed by atoms with E-state index in [-0.39, 0.29) is 0 Å². The molecule has 0 heterocycles. The van der Waals surface area contributed by atoms with Gasteiger partial charge in [0.2, 0.25) is 0 Å². The Labute approximate surface area is 108 Å². The van der Waals surface area contributed by atoms with Crippen molar-refractivity contribution in [2.75, 3.05) is 12.5 Å². The lowest BCUT2D eigenvalue weighted by molar-refractivity contribution is 0.305. The van der Waals surface area contributed by atoms with Gasteiger partial charge in [-0.3, -0.25) is 0 Å². The summed E-state index contributed by atoms with van der Waals surface area (Å²) in [6, 6.07) is 5.83. The van der Waals surface area contributed by atoms with Crippen molar-refractivity contribution in [1.29, 1.82) is 0 Å². The predicted molar refractivity (Wildman–Crippen MR) is 70.9 cm³/mol. The van der Waals surface area contributed by atoms with Gasteiger partial charge in [0.1, 0.15) is 5.75 Å². The smallest absolute Gasteiger partial charge is 0.138 e. The van der Waals surface area contributed by atoms with E-state index in [1.807, 2.05) is 25.1 Å². The molecule has 0 saturated heterocycles. The van der Waals surface area contributed by atoms with Gasteiger partial charge in [0.15, 0.2) is 0 Å². The van der Waals surface area contributed by atoms with Crippen LogP contribution in [0.2, 0.25) is 5.02 Å². The normalized spacial score (nSPS) is 10.4. The fourth-order valence-electron chi connectivity index (χ4n) is 1.45. The molecule has 0 atom stereocenters. The highest BCUT2D eigenvalue weighted by Gasteiger charge is 2.01. The largest absolute Gasteiger partial charge is 0.492 e. The number of benzene rings is 1.